The average molecular weight is 450 g/mol. The number of hydrogen-bond donors (Lipinski definition) is 1. The molecule has 7 heteroatoms. The Bertz CT molecular complexity index is 950. The van der Waals surface area contributed by atoms with Gasteiger partial charge in [-0.05, 0) is 67.5 Å². The first-order valence-electron chi connectivity index (χ1n) is 10.3. The molecule has 0 heterocycles. The number of halogens is 1. The van der Waals surface area contributed by atoms with E-state index in [-0.39, 0.29) is 10.9 Å². The van der Waals surface area contributed by atoms with Gasteiger partial charge in [0.05, 0.1) is 12.0 Å². The van der Waals surface area contributed by atoms with Crippen LogP contribution in [0.5, 0.6) is 0 Å². The van der Waals surface area contributed by atoms with Crippen molar-refractivity contribution in [2.45, 2.75) is 61.8 Å². The van der Waals surface area contributed by atoms with E-state index in [4.69, 9.17) is 11.6 Å². The summed E-state index contributed by atoms with van der Waals surface area (Å²) in [6.45, 7) is 0. The maximum absolute atomic E-state index is 13.0. The van der Waals surface area contributed by atoms with E-state index in [1.165, 1.54) is 19.2 Å². The van der Waals surface area contributed by atoms with Gasteiger partial charge in [0.2, 0.25) is 10.0 Å². The third-order valence-corrected chi connectivity index (χ3v) is 7.52. The molecule has 2 aromatic rings. The summed E-state index contributed by atoms with van der Waals surface area (Å²) in [6.07, 6.45) is 6.28. The van der Waals surface area contributed by atoms with Gasteiger partial charge in [-0.3, -0.25) is 4.79 Å². The lowest BCUT2D eigenvalue weighted by Crippen LogP contribution is -2.47. The number of nitrogens with one attached hydrogen (secondary N) is 1. The molecule has 0 atom stereocenters. The van der Waals surface area contributed by atoms with Crippen LogP contribution in [0.25, 0.3) is 0 Å². The molecule has 1 fully saturated rings. The zero-order valence-electron chi connectivity index (χ0n) is 17.2. The van der Waals surface area contributed by atoms with Crippen LogP contribution in [-0.2, 0) is 32.4 Å². The smallest absolute Gasteiger partial charge is 0.305 e. The van der Waals surface area contributed by atoms with Crippen LogP contribution < -0.4 is 4.72 Å². The van der Waals surface area contributed by atoms with Gasteiger partial charge in [-0.2, -0.15) is 0 Å². The van der Waals surface area contributed by atoms with Crippen molar-refractivity contribution in [3.8, 4) is 0 Å². The molecule has 3 rings (SSSR count). The van der Waals surface area contributed by atoms with E-state index in [0.717, 1.165) is 49.7 Å². The average Bonchev–Trinajstić information content (AvgIpc) is 3.16. The van der Waals surface area contributed by atoms with Crippen molar-refractivity contribution in [1.82, 2.24) is 4.72 Å². The van der Waals surface area contributed by atoms with Gasteiger partial charge in [-0.15, -0.1) is 0 Å². The highest BCUT2D eigenvalue weighted by Gasteiger charge is 2.38. The van der Waals surface area contributed by atoms with Crippen molar-refractivity contribution in [1.29, 1.82) is 0 Å². The molecular formula is C23H28ClNO4S. The molecule has 0 radical (unpaired) electrons. The Hall–Kier alpha value is -1.89. The van der Waals surface area contributed by atoms with E-state index in [1.807, 2.05) is 0 Å². The quantitative estimate of drug-likeness (QED) is 0.564. The van der Waals surface area contributed by atoms with Crippen LogP contribution in [0, 0.1) is 0 Å². The first kappa shape index (κ1) is 22.8. The van der Waals surface area contributed by atoms with Crippen LogP contribution in [0.4, 0.5) is 0 Å². The molecule has 30 heavy (non-hydrogen) atoms. The minimum absolute atomic E-state index is 0.192. The van der Waals surface area contributed by atoms with Crippen molar-refractivity contribution < 1.29 is 17.9 Å². The molecule has 162 valence electrons. The lowest BCUT2D eigenvalue weighted by atomic mass is 9.90. The molecule has 2 aromatic carbocycles. The molecule has 0 spiro atoms. The summed E-state index contributed by atoms with van der Waals surface area (Å²) in [5.41, 5.74) is 1.79. The van der Waals surface area contributed by atoms with Crippen molar-refractivity contribution in [2.24, 2.45) is 0 Å². The molecule has 0 unspecified atom stereocenters. The number of carbonyl (C=O) groups excluding carboxylic acids is 1. The first-order chi connectivity index (χ1) is 14.3. The second-order valence-corrected chi connectivity index (χ2v) is 10.1. The normalized spacial score (nSPS) is 15.8. The maximum atomic E-state index is 13.0. The summed E-state index contributed by atoms with van der Waals surface area (Å²) >= 11 is 5.90. The van der Waals surface area contributed by atoms with Gasteiger partial charge < -0.3 is 4.74 Å². The van der Waals surface area contributed by atoms with Crippen molar-refractivity contribution in [2.75, 3.05) is 7.11 Å². The fraction of sp³-hybridized carbons (Fsp3) is 0.435. The standard InChI is InChI=1S/C23H28ClNO4S/c1-29-22(26)6-4-5-18-7-9-19(10-8-18)17-23(15-2-3-16-23)25-30(27,28)21-13-11-20(24)12-14-21/h7-14,25H,2-6,15-17H2,1H3. The van der Waals surface area contributed by atoms with Gasteiger partial charge in [0.15, 0.2) is 0 Å². The van der Waals surface area contributed by atoms with Crippen molar-refractivity contribution in [3.63, 3.8) is 0 Å². The fourth-order valence-electron chi connectivity index (χ4n) is 4.08. The second kappa shape index (κ2) is 9.94. The lowest BCUT2D eigenvalue weighted by molar-refractivity contribution is -0.140. The van der Waals surface area contributed by atoms with Crippen LogP contribution in [0.1, 0.15) is 49.7 Å². The third-order valence-electron chi connectivity index (χ3n) is 5.67. The van der Waals surface area contributed by atoms with Crippen LogP contribution in [-0.4, -0.2) is 27.0 Å². The van der Waals surface area contributed by atoms with Gasteiger partial charge >= 0.3 is 5.97 Å². The second-order valence-electron chi connectivity index (χ2n) is 7.97. The topological polar surface area (TPSA) is 72.5 Å². The fourth-order valence-corrected chi connectivity index (χ4v) is 5.66. The molecule has 0 aliphatic heterocycles. The molecule has 0 aromatic heterocycles. The van der Waals surface area contributed by atoms with Crippen LogP contribution in [0.3, 0.4) is 0 Å². The highest BCUT2D eigenvalue weighted by Crippen LogP contribution is 2.34. The summed E-state index contributed by atoms with van der Waals surface area (Å²) in [5, 5.41) is 0.510. The van der Waals surface area contributed by atoms with E-state index in [1.54, 1.807) is 12.1 Å². The molecule has 1 aliphatic rings. The van der Waals surface area contributed by atoms with Gasteiger partial charge in [0.25, 0.3) is 0 Å². The summed E-state index contributed by atoms with van der Waals surface area (Å²) < 4.78 is 33.6. The number of methoxy groups -OCH3 is 1. The monoisotopic (exact) mass is 449 g/mol. The van der Waals surface area contributed by atoms with Crippen LogP contribution in [0.2, 0.25) is 5.02 Å². The summed E-state index contributed by atoms with van der Waals surface area (Å²) in [4.78, 5) is 11.5. The zero-order valence-corrected chi connectivity index (χ0v) is 18.8. The number of benzene rings is 2. The predicted octanol–water partition coefficient (Wildman–Crippen LogP) is 4.67. The van der Waals surface area contributed by atoms with E-state index in [9.17, 15) is 13.2 Å². The van der Waals surface area contributed by atoms with Gasteiger partial charge in [-0.1, -0.05) is 48.7 Å². The highest BCUT2D eigenvalue weighted by atomic mass is 35.5. The number of esters is 1. The van der Waals surface area contributed by atoms with E-state index < -0.39 is 15.6 Å². The molecule has 0 saturated heterocycles. The number of carbonyl (C=O) groups is 1. The number of aryl methyl sites for hydroxylation is 1. The Kier molecular flexibility index (Phi) is 7.55. The number of hydrogen-bond acceptors (Lipinski definition) is 4. The maximum Gasteiger partial charge on any atom is 0.305 e. The zero-order chi connectivity index (χ0) is 21.6. The van der Waals surface area contributed by atoms with Crippen molar-refractivity contribution >= 4 is 27.6 Å². The minimum atomic E-state index is -3.62. The minimum Gasteiger partial charge on any atom is -0.469 e. The SMILES string of the molecule is COC(=O)CCCc1ccc(CC2(NS(=O)(=O)c3ccc(Cl)cc3)CCCC2)cc1. The van der Waals surface area contributed by atoms with E-state index in [0.29, 0.717) is 17.9 Å². The summed E-state index contributed by atoms with van der Waals surface area (Å²) in [7, 11) is -2.22. The third kappa shape index (κ3) is 6.06. The molecule has 0 amide bonds. The highest BCUT2D eigenvalue weighted by molar-refractivity contribution is 7.89. The largest absolute Gasteiger partial charge is 0.469 e. The first-order valence-corrected chi connectivity index (χ1v) is 12.1. The predicted molar refractivity (Wildman–Crippen MR) is 118 cm³/mol. The molecule has 0 bridgehead atoms. The molecule has 1 aliphatic carbocycles. The Morgan fingerprint density at radius 1 is 1.03 bits per heavy atom. The molecule has 1 N–H and O–H groups in total. The van der Waals surface area contributed by atoms with E-state index >= 15 is 0 Å². The molecule has 5 nitrogen and oxygen atoms in total. The Morgan fingerprint density at radius 2 is 1.63 bits per heavy atom. The van der Waals surface area contributed by atoms with Gasteiger partial charge in [0.1, 0.15) is 0 Å². The molecular weight excluding hydrogens is 422 g/mol. The Labute approximate surface area is 183 Å². The van der Waals surface area contributed by atoms with Crippen LogP contribution >= 0.6 is 11.6 Å². The Balaban J connectivity index is 1.67. The van der Waals surface area contributed by atoms with Gasteiger partial charge in [-0.25, -0.2) is 13.1 Å². The van der Waals surface area contributed by atoms with E-state index in [2.05, 4.69) is 33.7 Å². The number of rotatable bonds is 9. The number of sulfonamides is 1. The Morgan fingerprint density at radius 3 is 2.23 bits per heavy atom. The molecule has 1 saturated carbocycles. The summed E-state index contributed by atoms with van der Waals surface area (Å²) in [6, 6.07) is 14.5. The van der Waals surface area contributed by atoms with Gasteiger partial charge in [0, 0.05) is 17.0 Å². The number of ether oxygens (including phenoxy) is 1. The van der Waals surface area contributed by atoms with Crippen molar-refractivity contribution in [3.05, 3.63) is 64.7 Å². The van der Waals surface area contributed by atoms with Crippen LogP contribution in [0.15, 0.2) is 53.4 Å². The lowest BCUT2D eigenvalue weighted by Gasteiger charge is -2.30. The summed E-state index contributed by atoms with van der Waals surface area (Å²) in [5.74, 6) is -0.192.